The minimum Gasteiger partial charge on any atom is -0.370 e. The third-order valence-electron chi connectivity index (χ3n) is 3.48. The second-order valence-corrected chi connectivity index (χ2v) is 6.32. The number of hydrogen-bond acceptors (Lipinski definition) is 3. The predicted molar refractivity (Wildman–Crippen MR) is 89.8 cm³/mol. The molecule has 1 unspecified atom stereocenters. The van der Waals surface area contributed by atoms with E-state index in [1.165, 1.54) is 5.56 Å². The third kappa shape index (κ3) is 3.98. The van der Waals surface area contributed by atoms with Gasteiger partial charge in [-0.3, -0.25) is 0 Å². The van der Waals surface area contributed by atoms with Crippen LogP contribution in [-0.4, -0.2) is 13.1 Å². The minimum absolute atomic E-state index is 0.182. The third-order valence-corrected chi connectivity index (χ3v) is 4.57. The Labute approximate surface area is 130 Å². The summed E-state index contributed by atoms with van der Waals surface area (Å²) in [5.74, 6) is 0. The van der Waals surface area contributed by atoms with Crippen LogP contribution in [-0.2, 0) is 13.0 Å². The van der Waals surface area contributed by atoms with Gasteiger partial charge < -0.3 is 10.6 Å². The fourth-order valence-electron chi connectivity index (χ4n) is 2.11. The Hall–Kier alpha value is -1.03. The highest BCUT2D eigenvalue weighted by molar-refractivity contribution is 7.07. The second kappa shape index (κ2) is 7.11. The van der Waals surface area contributed by atoms with Crippen molar-refractivity contribution in [1.29, 1.82) is 0 Å². The standard InChI is InChI=1S/C16H21ClN2S/c1-3-14(18)8-13-4-5-15(9-16(13)17)19(2)10-12-6-7-20-11-12/h4-7,9,11,14H,3,8,10,18H2,1-2H3. The molecule has 2 nitrogen and oxygen atoms in total. The average Bonchev–Trinajstić information content (AvgIpc) is 2.93. The molecule has 0 saturated carbocycles. The Balaban J connectivity index is 2.08. The SMILES string of the molecule is CCC(N)Cc1ccc(N(C)Cc2ccsc2)cc1Cl. The van der Waals surface area contributed by atoms with Crippen LogP contribution in [0.2, 0.25) is 5.02 Å². The molecule has 1 aromatic heterocycles. The van der Waals surface area contributed by atoms with Gasteiger partial charge in [-0.15, -0.1) is 0 Å². The van der Waals surface area contributed by atoms with Crippen LogP contribution in [0.25, 0.3) is 0 Å². The van der Waals surface area contributed by atoms with Crippen molar-refractivity contribution in [2.75, 3.05) is 11.9 Å². The van der Waals surface area contributed by atoms with Gasteiger partial charge in [-0.25, -0.2) is 0 Å². The van der Waals surface area contributed by atoms with E-state index in [0.29, 0.717) is 0 Å². The largest absolute Gasteiger partial charge is 0.370 e. The summed E-state index contributed by atoms with van der Waals surface area (Å²) in [6, 6.07) is 8.58. The molecule has 0 fully saturated rings. The number of halogens is 1. The van der Waals surface area contributed by atoms with Crippen molar-refractivity contribution in [2.45, 2.75) is 32.4 Å². The molecule has 2 rings (SSSR count). The van der Waals surface area contributed by atoms with Crippen molar-refractivity contribution in [3.63, 3.8) is 0 Å². The molecule has 0 aliphatic carbocycles. The Kier molecular flexibility index (Phi) is 5.46. The number of nitrogens with zero attached hydrogens (tertiary/aromatic N) is 1. The maximum absolute atomic E-state index is 6.38. The Morgan fingerprint density at radius 1 is 1.35 bits per heavy atom. The van der Waals surface area contributed by atoms with Crippen molar-refractivity contribution < 1.29 is 0 Å². The molecule has 2 aromatic rings. The molecule has 1 heterocycles. The lowest BCUT2D eigenvalue weighted by Crippen LogP contribution is -2.21. The summed E-state index contributed by atoms with van der Waals surface area (Å²) < 4.78 is 0. The van der Waals surface area contributed by atoms with E-state index in [0.717, 1.165) is 35.7 Å². The predicted octanol–water partition coefficient (Wildman–Crippen LogP) is 4.32. The molecule has 2 N–H and O–H groups in total. The van der Waals surface area contributed by atoms with Crippen molar-refractivity contribution in [1.82, 2.24) is 0 Å². The minimum atomic E-state index is 0.182. The van der Waals surface area contributed by atoms with Crippen LogP contribution in [0.4, 0.5) is 5.69 Å². The smallest absolute Gasteiger partial charge is 0.0459 e. The molecule has 0 spiro atoms. The first-order chi connectivity index (χ1) is 9.60. The zero-order chi connectivity index (χ0) is 14.5. The summed E-state index contributed by atoms with van der Waals surface area (Å²) in [5, 5.41) is 5.08. The molecule has 4 heteroatoms. The molecule has 0 aliphatic rings. The van der Waals surface area contributed by atoms with E-state index in [-0.39, 0.29) is 6.04 Å². The summed E-state index contributed by atoms with van der Waals surface area (Å²) in [5.41, 5.74) is 9.59. The summed E-state index contributed by atoms with van der Waals surface area (Å²) in [6.45, 7) is 3.00. The van der Waals surface area contributed by atoms with Crippen molar-refractivity contribution in [2.24, 2.45) is 5.73 Å². The van der Waals surface area contributed by atoms with Gasteiger partial charge in [0.05, 0.1) is 0 Å². The molecule has 0 aliphatic heterocycles. The van der Waals surface area contributed by atoms with Crippen molar-refractivity contribution >= 4 is 28.6 Å². The van der Waals surface area contributed by atoms with Crippen LogP contribution in [0.3, 0.4) is 0 Å². The quantitative estimate of drug-likeness (QED) is 0.861. The van der Waals surface area contributed by atoms with E-state index in [4.69, 9.17) is 17.3 Å². The Morgan fingerprint density at radius 2 is 2.15 bits per heavy atom. The van der Waals surface area contributed by atoms with E-state index < -0.39 is 0 Å². The topological polar surface area (TPSA) is 29.3 Å². The molecule has 0 amide bonds. The maximum atomic E-state index is 6.38. The van der Waals surface area contributed by atoms with E-state index in [2.05, 4.69) is 47.8 Å². The monoisotopic (exact) mass is 308 g/mol. The second-order valence-electron chi connectivity index (χ2n) is 5.14. The Bertz CT molecular complexity index is 539. The fraction of sp³-hybridized carbons (Fsp3) is 0.375. The zero-order valence-electron chi connectivity index (χ0n) is 12.0. The Morgan fingerprint density at radius 3 is 2.75 bits per heavy atom. The van der Waals surface area contributed by atoms with E-state index in [1.807, 2.05) is 6.07 Å². The molecule has 1 atom stereocenters. The number of nitrogens with two attached hydrogens (primary N) is 1. The number of thiophene rings is 1. The summed E-state index contributed by atoms with van der Waals surface area (Å²) in [7, 11) is 2.08. The number of anilines is 1. The molecule has 0 bridgehead atoms. The summed E-state index contributed by atoms with van der Waals surface area (Å²) in [6.07, 6.45) is 1.81. The number of benzene rings is 1. The molecule has 20 heavy (non-hydrogen) atoms. The lowest BCUT2D eigenvalue weighted by atomic mass is 10.0. The molecule has 1 aromatic carbocycles. The van der Waals surface area contributed by atoms with Crippen LogP contribution in [0.5, 0.6) is 0 Å². The van der Waals surface area contributed by atoms with Gasteiger partial charge in [0.25, 0.3) is 0 Å². The lowest BCUT2D eigenvalue weighted by Gasteiger charge is -2.20. The average molecular weight is 309 g/mol. The van der Waals surface area contributed by atoms with Gasteiger partial charge in [0.15, 0.2) is 0 Å². The molecule has 0 saturated heterocycles. The highest BCUT2D eigenvalue weighted by atomic mass is 35.5. The van der Waals surface area contributed by atoms with Gasteiger partial charge in [0.1, 0.15) is 0 Å². The van der Waals surface area contributed by atoms with Crippen LogP contribution >= 0.6 is 22.9 Å². The summed E-state index contributed by atoms with van der Waals surface area (Å²) >= 11 is 8.10. The lowest BCUT2D eigenvalue weighted by molar-refractivity contribution is 0.646. The number of hydrogen-bond donors (Lipinski definition) is 1. The zero-order valence-corrected chi connectivity index (χ0v) is 13.5. The molecular formula is C16H21ClN2S. The number of rotatable bonds is 6. The maximum Gasteiger partial charge on any atom is 0.0459 e. The first kappa shape index (κ1) is 15.4. The van der Waals surface area contributed by atoms with Gasteiger partial charge in [0, 0.05) is 30.3 Å². The van der Waals surface area contributed by atoms with E-state index in [1.54, 1.807) is 11.3 Å². The molecule has 108 valence electrons. The first-order valence-electron chi connectivity index (χ1n) is 6.86. The van der Waals surface area contributed by atoms with Crippen molar-refractivity contribution in [3.05, 3.63) is 51.2 Å². The molecular weight excluding hydrogens is 288 g/mol. The van der Waals surface area contributed by atoms with Crippen LogP contribution in [0, 0.1) is 0 Å². The van der Waals surface area contributed by atoms with Crippen molar-refractivity contribution in [3.8, 4) is 0 Å². The first-order valence-corrected chi connectivity index (χ1v) is 8.18. The fourth-order valence-corrected chi connectivity index (χ4v) is 3.03. The van der Waals surface area contributed by atoms with Crippen LogP contribution < -0.4 is 10.6 Å². The van der Waals surface area contributed by atoms with E-state index in [9.17, 15) is 0 Å². The van der Waals surface area contributed by atoms with Gasteiger partial charge in [-0.2, -0.15) is 11.3 Å². The normalized spacial score (nSPS) is 12.4. The van der Waals surface area contributed by atoms with Crippen LogP contribution in [0.1, 0.15) is 24.5 Å². The molecule has 0 radical (unpaired) electrons. The van der Waals surface area contributed by atoms with Gasteiger partial charge in [-0.1, -0.05) is 24.6 Å². The van der Waals surface area contributed by atoms with Gasteiger partial charge in [0.2, 0.25) is 0 Å². The summed E-state index contributed by atoms with van der Waals surface area (Å²) in [4.78, 5) is 2.21. The van der Waals surface area contributed by atoms with Gasteiger partial charge >= 0.3 is 0 Å². The van der Waals surface area contributed by atoms with Crippen LogP contribution in [0.15, 0.2) is 35.0 Å². The highest BCUT2D eigenvalue weighted by Crippen LogP contribution is 2.25. The van der Waals surface area contributed by atoms with Gasteiger partial charge in [-0.05, 0) is 52.9 Å². The highest BCUT2D eigenvalue weighted by Gasteiger charge is 2.09. The van der Waals surface area contributed by atoms with E-state index >= 15 is 0 Å².